The molecule has 4 heterocycles. The molecule has 1 aliphatic heterocycles. The zero-order chi connectivity index (χ0) is 22.0. The van der Waals surface area contributed by atoms with E-state index in [0.717, 1.165) is 11.5 Å². The quantitative estimate of drug-likeness (QED) is 0.658. The molecule has 0 fully saturated rings. The second-order valence-corrected chi connectivity index (χ2v) is 7.73. The Labute approximate surface area is 180 Å². The summed E-state index contributed by atoms with van der Waals surface area (Å²) in [5, 5.41) is 3.03. The maximum atomic E-state index is 13.4. The van der Waals surface area contributed by atoms with E-state index in [-0.39, 0.29) is 24.4 Å². The van der Waals surface area contributed by atoms with E-state index in [0.29, 0.717) is 30.2 Å². The van der Waals surface area contributed by atoms with Crippen LogP contribution in [-0.4, -0.2) is 48.8 Å². The van der Waals surface area contributed by atoms with Crippen molar-refractivity contribution in [2.45, 2.75) is 33.0 Å². The number of carbonyl (C=O) groups is 2. The Morgan fingerprint density at radius 1 is 1.23 bits per heavy atom. The van der Waals surface area contributed by atoms with Crippen LogP contribution in [0.4, 0.5) is 11.5 Å². The van der Waals surface area contributed by atoms with Crippen LogP contribution in [0.5, 0.6) is 0 Å². The summed E-state index contributed by atoms with van der Waals surface area (Å²) in [5.41, 5.74) is 1.76. The molecule has 0 radical (unpaired) electrons. The van der Waals surface area contributed by atoms with Crippen molar-refractivity contribution in [1.82, 2.24) is 24.4 Å². The first kappa shape index (κ1) is 20.5. The molecule has 9 nitrogen and oxygen atoms in total. The first-order chi connectivity index (χ1) is 14.9. The number of hydrogen-bond donors (Lipinski definition) is 1. The summed E-state index contributed by atoms with van der Waals surface area (Å²) < 4.78 is 1.89. The lowest BCUT2D eigenvalue weighted by atomic mass is 10.1. The molecule has 1 aliphatic rings. The smallest absolute Gasteiger partial charge is 0.256 e. The van der Waals surface area contributed by atoms with Crippen molar-refractivity contribution in [3.8, 4) is 0 Å². The molecule has 0 bridgehead atoms. The van der Waals surface area contributed by atoms with E-state index < -0.39 is 0 Å². The summed E-state index contributed by atoms with van der Waals surface area (Å²) >= 11 is 0. The predicted molar refractivity (Wildman–Crippen MR) is 116 cm³/mol. The number of anilines is 2. The number of aromatic nitrogens is 4. The summed E-state index contributed by atoms with van der Waals surface area (Å²) in [6.07, 6.45) is 6.81. The van der Waals surface area contributed by atoms with E-state index in [1.54, 1.807) is 34.5 Å². The van der Waals surface area contributed by atoms with Crippen LogP contribution in [0.15, 0.2) is 49.1 Å². The number of amides is 2. The van der Waals surface area contributed by atoms with Crippen molar-refractivity contribution in [2.75, 3.05) is 16.8 Å². The van der Waals surface area contributed by atoms with Gasteiger partial charge >= 0.3 is 0 Å². The fourth-order valence-corrected chi connectivity index (χ4v) is 3.48. The third-order valence-electron chi connectivity index (χ3n) is 5.28. The van der Waals surface area contributed by atoms with Crippen LogP contribution in [0.2, 0.25) is 0 Å². The highest BCUT2D eigenvalue weighted by Crippen LogP contribution is 2.30. The van der Waals surface area contributed by atoms with Crippen LogP contribution in [0, 0.1) is 0 Å². The van der Waals surface area contributed by atoms with Crippen molar-refractivity contribution in [2.24, 2.45) is 7.05 Å². The van der Waals surface area contributed by atoms with Crippen molar-refractivity contribution in [3.63, 3.8) is 0 Å². The number of imidazole rings is 1. The monoisotopic (exact) mass is 419 g/mol. The van der Waals surface area contributed by atoms with Crippen LogP contribution >= 0.6 is 0 Å². The number of aryl methyl sites for hydroxylation is 1. The van der Waals surface area contributed by atoms with Crippen molar-refractivity contribution < 1.29 is 9.59 Å². The summed E-state index contributed by atoms with van der Waals surface area (Å²) in [6, 6.07) is 7.27. The summed E-state index contributed by atoms with van der Waals surface area (Å²) in [5.74, 6) is 1.11. The molecule has 4 rings (SSSR count). The third kappa shape index (κ3) is 4.25. The topological polar surface area (TPSA) is 96.2 Å². The largest absolute Gasteiger partial charge is 0.359 e. The molecule has 3 aromatic heterocycles. The average molecular weight is 419 g/mol. The molecule has 0 atom stereocenters. The summed E-state index contributed by atoms with van der Waals surface area (Å²) in [4.78, 5) is 42.5. The molecule has 1 N–H and O–H groups in total. The Bertz CT molecular complexity index is 1090. The zero-order valence-electron chi connectivity index (χ0n) is 17.8. The highest BCUT2D eigenvalue weighted by molar-refractivity contribution is 6.04. The van der Waals surface area contributed by atoms with E-state index in [9.17, 15) is 9.59 Å². The minimum Gasteiger partial charge on any atom is -0.359 e. The molecule has 160 valence electrons. The zero-order valence-corrected chi connectivity index (χ0v) is 17.8. The number of nitrogens with one attached hydrogen (secondary N) is 1. The second kappa shape index (κ2) is 8.55. The minimum atomic E-state index is -0.163. The second-order valence-electron chi connectivity index (χ2n) is 7.73. The van der Waals surface area contributed by atoms with Crippen LogP contribution < -0.4 is 10.2 Å². The number of nitrogens with zero attached hydrogens (tertiary/aromatic N) is 6. The number of fused-ring (bicyclic) bond motifs is 1. The fourth-order valence-electron chi connectivity index (χ4n) is 3.48. The van der Waals surface area contributed by atoms with Crippen LogP contribution in [0.25, 0.3) is 0 Å². The summed E-state index contributed by atoms with van der Waals surface area (Å²) in [7, 11) is 1.90. The lowest BCUT2D eigenvalue weighted by Crippen LogP contribution is -2.41. The molecule has 0 spiro atoms. The van der Waals surface area contributed by atoms with Gasteiger partial charge in [-0.25, -0.2) is 9.97 Å². The van der Waals surface area contributed by atoms with E-state index >= 15 is 0 Å². The minimum absolute atomic E-state index is 0.0374. The molecule has 0 aliphatic carbocycles. The van der Waals surface area contributed by atoms with Gasteiger partial charge in [0.1, 0.15) is 5.82 Å². The predicted octanol–water partition coefficient (Wildman–Crippen LogP) is 2.22. The molecule has 9 heteroatoms. The molecule has 0 saturated heterocycles. The van der Waals surface area contributed by atoms with E-state index in [1.807, 2.05) is 49.9 Å². The molecule has 2 amide bonds. The lowest BCUT2D eigenvalue weighted by molar-refractivity contribution is -0.117. The van der Waals surface area contributed by atoms with Crippen molar-refractivity contribution in [3.05, 3.63) is 66.1 Å². The van der Waals surface area contributed by atoms with Crippen LogP contribution in [0.1, 0.15) is 35.7 Å². The Morgan fingerprint density at radius 3 is 2.74 bits per heavy atom. The first-order valence-electron chi connectivity index (χ1n) is 10.2. The molecule has 3 aromatic rings. The maximum absolute atomic E-state index is 13.4. The number of rotatable bonds is 6. The molecular weight excluding hydrogens is 394 g/mol. The molecule has 0 aromatic carbocycles. The number of hydrogen-bond acceptors (Lipinski definition) is 6. The Balaban J connectivity index is 1.64. The van der Waals surface area contributed by atoms with Crippen molar-refractivity contribution >= 4 is 23.3 Å². The third-order valence-corrected chi connectivity index (χ3v) is 5.28. The summed E-state index contributed by atoms with van der Waals surface area (Å²) in [6.45, 7) is 4.77. The van der Waals surface area contributed by atoms with Gasteiger partial charge in [-0.05, 0) is 32.0 Å². The van der Waals surface area contributed by atoms with Gasteiger partial charge in [-0.1, -0.05) is 6.07 Å². The van der Waals surface area contributed by atoms with Crippen LogP contribution in [-0.2, 0) is 24.9 Å². The molecule has 31 heavy (non-hydrogen) atoms. The average Bonchev–Trinajstić information content (AvgIpc) is 3.18. The lowest BCUT2D eigenvalue weighted by Gasteiger charge is -2.30. The Kier molecular flexibility index (Phi) is 5.66. The Hall–Kier alpha value is -3.75. The van der Waals surface area contributed by atoms with Crippen molar-refractivity contribution in [1.29, 1.82) is 0 Å². The molecule has 0 unspecified atom stereocenters. The van der Waals surface area contributed by atoms with Gasteiger partial charge in [-0.15, -0.1) is 0 Å². The van der Waals surface area contributed by atoms with Gasteiger partial charge in [0.05, 0.1) is 36.6 Å². The van der Waals surface area contributed by atoms with Gasteiger partial charge in [-0.2, -0.15) is 0 Å². The van der Waals surface area contributed by atoms with Gasteiger partial charge in [0.15, 0.2) is 5.82 Å². The Morgan fingerprint density at radius 2 is 2.06 bits per heavy atom. The highest BCUT2D eigenvalue weighted by Gasteiger charge is 2.28. The SMILES string of the molecule is CC(C)N(Cc1nccn1C)C(=O)c1cnc2c(c1)N(Cc1ccccn1)C(=O)CN2. The normalized spacial score (nSPS) is 13.2. The van der Waals surface area contributed by atoms with Gasteiger partial charge in [0, 0.05) is 37.9 Å². The molecular formula is C22H25N7O2. The fraction of sp³-hybridized carbons (Fsp3) is 0.318. The van der Waals surface area contributed by atoms with E-state index in [1.165, 1.54) is 0 Å². The maximum Gasteiger partial charge on any atom is 0.256 e. The van der Waals surface area contributed by atoms with Gasteiger partial charge in [-0.3, -0.25) is 14.6 Å². The first-order valence-corrected chi connectivity index (χ1v) is 10.2. The van der Waals surface area contributed by atoms with Gasteiger partial charge in [0.2, 0.25) is 5.91 Å². The standard InChI is InChI=1S/C22H25N7O2/c1-15(2)28(14-19-24-8-9-27(19)3)22(31)16-10-18-21(25-11-16)26-12-20(30)29(18)13-17-6-4-5-7-23-17/h4-11,15H,12-14H2,1-3H3,(H,25,26). The van der Waals surface area contributed by atoms with E-state index in [2.05, 4.69) is 20.3 Å². The van der Waals surface area contributed by atoms with Gasteiger partial charge < -0.3 is 19.7 Å². The van der Waals surface area contributed by atoms with E-state index in [4.69, 9.17) is 0 Å². The highest BCUT2D eigenvalue weighted by atomic mass is 16.2. The molecule has 0 saturated carbocycles. The van der Waals surface area contributed by atoms with Crippen LogP contribution in [0.3, 0.4) is 0 Å². The van der Waals surface area contributed by atoms with Gasteiger partial charge in [0.25, 0.3) is 5.91 Å². The number of pyridine rings is 2. The number of carbonyl (C=O) groups excluding carboxylic acids is 2.